The van der Waals surface area contributed by atoms with Crippen molar-refractivity contribution in [1.29, 1.82) is 0 Å². The van der Waals surface area contributed by atoms with Gasteiger partial charge < -0.3 is 17.1 Å². The van der Waals surface area contributed by atoms with Gasteiger partial charge in [0, 0.05) is 0 Å². The van der Waals surface area contributed by atoms with Crippen molar-refractivity contribution in [1.82, 2.24) is 0 Å². The molecule has 8 heteroatoms. The Morgan fingerprint density at radius 3 is 2.50 bits per heavy atom. The molecule has 0 aliphatic heterocycles. The van der Waals surface area contributed by atoms with E-state index in [9.17, 15) is 0 Å². The van der Waals surface area contributed by atoms with E-state index < -0.39 is 30.0 Å². The van der Waals surface area contributed by atoms with Gasteiger partial charge in [-0.2, -0.15) is 0 Å². The molecule has 0 unspecified atom stereocenters. The van der Waals surface area contributed by atoms with E-state index in [0.29, 0.717) is 0 Å². The van der Waals surface area contributed by atoms with E-state index in [-0.39, 0.29) is 0 Å². The fraction of sp³-hybridized carbons (Fsp3) is 0. The van der Waals surface area contributed by atoms with Crippen LogP contribution in [0.2, 0.25) is 0 Å². The molecule has 0 amide bonds. The smallest absolute Gasteiger partial charge is 0.292 e. The Kier molecular flexibility index (Phi) is 8.39. The van der Waals surface area contributed by atoms with Crippen LogP contribution in [0, 0.1) is 0 Å². The van der Waals surface area contributed by atoms with Crippen LogP contribution in [0.25, 0.3) is 0 Å². The highest BCUT2D eigenvalue weighted by molar-refractivity contribution is 6.42. The highest BCUT2D eigenvalue weighted by atomic mass is 28.4. The highest BCUT2D eigenvalue weighted by Crippen LogP contribution is 1.66. The Balaban J connectivity index is 2.53. The van der Waals surface area contributed by atoms with E-state index >= 15 is 0 Å². The van der Waals surface area contributed by atoms with Crippen molar-refractivity contribution in [2.75, 3.05) is 0 Å². The van der Waals surface area contributed by atoms with Crippen molar-refractivity contribution in [3.05, 3.63) is 0 Å². The molecule has 0 saturated heterocycles. The number of rotatable bonds is 5. The molecule has 0 aliphatic rings. The second kappa shape index (κ2) is 7.71. The van der Waals surface area contributed by atoms with E-state index in [1.54, 1.807) is 0 Å². The summed E-state index contributed by atoms with van der Waals surface area (Å²) < 4.78 is 14.5. The minimum absolute atomic E-state index is 0.689. The third-order valence-electron chi connectivity index (χ3n) is 0.459. The van der Waals surface area contributed by atoms with Gasteiger partial charge in [-0.25, -0.2) is 0 Å². The summed E-state index contributed by atoms with van der Waals surface area (Å²) in [7, 11) is -1.96. The highest BCUT2D eigenvalue weighted by Gasteiger charge is 1.84. The molecule has 0 rings (SSSR count). The zero-order valence-corrected chi connectivity index (χ0v) is 11.0. The molecule has 4 nitrogen and oxygen atoms in total. The molecule has 0 aromatic rings. The fourth-order valence-corrected chi connectivity index (χ4v) is 4.48. The zero-order valence-electron chi connectivity index (χ0n) is 4.79. The normalized spacial score (nSPS) is 14.6. The number of hydrogen-bond acceptors (Lipinski definition) is 4. The molecule has 0 heterocycles. The van der Waals surface area contributed by atoms with Gasteiger partial charge in [-0.3, -0.25) is 0 Å². The first-order valence-electron chi connectivity index (χ1n) is 2.17. The van der Waals surface area contributed by atoms with Gasteiger partial charge >= 0.3 is 0 Å². The second-order valence-electron chi connectivity index (χ2n) is 1.06. The van der Waals surface area contributed by atoms with Gasteiger partial charge in [0.1, 0.15) is 10.5 Å². The lowest BCUT2D eigenvalue weighted by Gasteiger charge is -1.99. The molecule has 0 atom stereocenters. The summed E-state index contributed by atoms with van der Waals surface area (Å²) in [6, 6.07) is 0. The molecule has 1 N–H and O–H groups in total. The molecule has 0 bridgehead atoms. The molecule has 8 heavy (non-hydrogen) atoms. The maximum absolute atomic E-state index is 8.22. The summed E-state index contributed by atoms with van der Waals surface area (Å²) in [5.74, 6) is 0. The van der Waals surface area contributed by atoms with Crippen molar-refractivity contribution in [3.8, 4) is 0 Å². The van der Waals surface area contributed by atoms with Crippen molar-refractivity contribution < 1.29 is 17.1 Å². The minimum atomic E-state index is -1.20. The molecule has 0 aromatic heterocycles. The molecule has 0 saturated carbocycles. The van der Waals surface area contributed by atoms with E-state index in [2.05, 4.69) is 0 Å². The zero-order chi connectivity index (χ0) is 6.24. The Bertz CT molecular complexity index is 33.0. The Morgan fingerprint density at radius 2 is 2.00 bits per heavy atom. The van der Waals surface area contributed by atoms with Gasteiger partial charge in [-0.05, 0) is 0 Å². The van der Waals surface area contributed by atoms with Crippen LogP contribution in [-0.2, 0) is 12.3 Å². The molecule has 0 fully saturated rings. The van der Waals surface area contributed by atoms with Crippen LogP contribution >= 0.6 is 0 Å². The van der Waals surface area contributed by atoms with Crippen molar-refractivity contribution >= 4 is 40.5 Å². The summed E-state index contributed by atoms with van der Waals surface area (Å²) in [5.41, 5.74) is 0. The van der Waals surface area contributed by atoms with Crippen molar-refractivity contribution in [2.24, 2.45) is 0 Å². The summed E-state index contributed by atoms with van der Waals surface area (Å²) in [5, 5.41) is 0. The molecule has 0 spiro atoms. The Hall–Kier alpha value is 0.708. The molecule has 0 aromatic carbocycles. The predicted octanol–water partition coefficient (Wildman–Crippen LogP) is -4.69. The van der Waals surface area contributed by atoms with Gasteiger partial charge in [0.25, 0.3) is 30.0 Å². The summed E-state index contributed by atoms with van der Waals surface area (Å²) >= 11 is 0. The first-order chi connectivity index (χ1) is 3.91. The van der Waals surface area contributed by atoms with E-state index in [1.165, 1.54) is 0 Å². The third-order valence-corrected chi connectivity index (χ3v) is 4.13. The Morgan fingerprint density at radius 1 is 1.25 bits per heavy atom. The fourth-order valence-electron chi connectivity index (χ4n) is 0.214. The van der Waals surface area contributed by atoms with Crippen LogP contribution in [-0.4, -0.2) is 45.3 Å². The van der Waals surface area contributed by atoms with Gasteiger partial charge in [-0.1, -0.05) is 0 Å². The van der Waals surface area contributed by atoms with Crippen LogP contribution in [0.4, 0.5) is 0 Å². The topological polar surface area (TPSA) is 47.9 Å². The van der Waals surface area contributed by atoms with Crippen LogP contribution in [0.3, 0.4) is 0 Å². The van der Waals surface area contributed by atoms with E-state index in [1.807, 2.05) is 0 Å². The Labute approximate surface area is 58.3 Å². The standard InChI is InChI=1S/H10O4Si4/c1-6-3-8-4-7-2-5/h1H,6-8H2,5H3. The van der Waals surface area contributed by atoms with E-state index in [4.69, 9.17) is 17.1 Å². The molecule has 50 valence electrons. The SMILES string of the molecule is O[SiH2]O[SiH2]O[SiH2]O[SiH3]. The molecule has 0 aliphatic carbocycles. The van der Waals surface area contributed by atoms with Gasteiger partial charge in [0.2, 0.25) is 0 Å². The van der Waals surface area contributed by atoms with Crippen LogP contribution in [0.1, 0.15) is 0 Å². The van der Waals surface area contributed by atoms with Gasteiger partial charge in [0.05, 0.1) is 0 Å². The van der Waals surface area contributed by atoms with Gasteiger partial charge in [0.15, 0.2) is 0 Å². The van der Waals surface area contributed by atoms with Crippen molar-refractivity contribution in [3.63, 3.8) is 0 Å². The quantitative estimate of drug-likeness (QED) is 0.346. The van der Waals surface area contributed by atoms with Crippen LogP contribution in [0.5, 0.6) is 0 Å². The average molecular weight is 186 g/mol. The summed E-state index contributed by atoms with van der Waals surface area (Å²) in [4.78, 5) is 8.22. The maximum atomic E-state index is 8.22. The molecule has 0 radical (unpaired) electrons. The lowest BCUT2D eigenvalue weighted by Crippen LogP contribution is -2.12. The van der Waals surface area contributed by atoms with Crippen LogP contribution < -0.4 is 0 Å². The summed E-state index contributed by atoms with van der Waals surface area (Å²) in [6.07, 6.45) is 0. The lowest BCUT2D eigenvalue weighted by molar-refractivity contribution is 0.398. The first-order valence-corrected chi connectivity index (χ1v) is 6.50. The monoisotopic (exact) mass is 186 g/mol. The predicted molar refractivity (Wildman–Crippen MR) is 41.0 cm³/mol. The second-order valence-corrected chi connectivity index (χ2v) is 7.37. The summed E-state index contributed by atoms with van der Waals surface area (Å²) in [6.45, 7) is 0. The molecular weight excluding hydrogens is 176 g/mol. The first kappa shape index (κ1) is 8.71. The largest absolute Gasteiger partial charge is 0.449 e. The van der Waals surface area contributed by atoms with Crippen molar-refractivity contribution in [2.45, 2.75) is 0 Å². The third kappa shape index (κ3) is 6.71. The van der Waals surface area contributed by atoms with Crippen LogP contribution in [0.15, 0.2) is 0 Å². The lowest BCUT2D eigenvalue weighted by atomic mass is 15.7. The molecular formula is H10O4Si4. The van der Waals surface area contributed by atoms with E-state index in [0.717, 1.165) is 10.5 Å². The minimum Gasteiger partial charge on any atom is -0.449 e. The number of hydrogen-bond donors (Lipinski definition) is 1. The maximum Gasteiger partial charge on any atom is 0.292 e. The van der Waals surface area contributed by atoms with Gasteiger partial charge in [-0.15, -0.1) is 0 Å². The average Bonchev–Trinajstić information content (AvgIpc) is 1.81.